The van der Waals surface area contributed by atoms with Crippen molar-refractivity contribution in [1.29, 1.82) is 0 Å². The van der Waals surface area contributed by atoms with Crippen molar-refractivity contribution in [1.82, 2.24) is 10.0 Å². The lowest BCUT2D eigenvalue weighted by Crippen LogP contribution is -2.29. The minimum Gasteiger partial charge on any atom is -0.316 e. The molecule has 0 fully saturated rings. The second kappa shape index (κ2) is 7.16. The van der Waals surface area contributed by atoms with Crippen LogP contribution in [0, 0.1) is 0 Å². The highest BCUT2D eigenvalue weighted by molar-refractivity contribution is 7.91. The van der Waals surface area contributed by atoms with Gasteiger partial charge >= 0.3 is 0 Å². The molecule has 0 amide bonds. The molecule has 20 heavy (non-hydrogen) atoms. The lowest BCUT2D eigenvalue weighted by atomic mass is 10.2. The van der Waals surface area contributed by atoms with E-state index >= 15 is 0 Å². The third-order valence-electron chi connectivity index (χ3n) is 2.76. The Balaban J connectivity index is 2.69. The van der Waals surface area contributed by atoms with Gasteiger partial charge in [0.2, 0.25) is 10.0 Å². The van der Waals surface area contributed by atoms with Crippen molar-refractivity contribution in [3.8, 4) is 0 Å². The van der Waals surface area contributed by atoms with Gasteiger partial charge in [-0.15, -0.1) is 0 Å². The summed E-state index contributed by atoms with van der Waals surface area (Å²) in [6.07, 6.45) is 0. The minimum atomic E-state index is -3.66. The Morgan fingerprint density at radius 2 is 1.65 bits per heavy atom. The monoisotopic (exact) mass is 320 g/mol. The summed E-state index contributed by atoms with van der Waals surface area (Å²) in [6, 6.07) is 6.44. The molecule has 0 saturated heterocycles. The zero-order chi connectivity index (χ0) is 15.2. The van der Waals surface area contributed by atoms with E-state index in [-0.39, 0.29) is 22.9 Å². The summed E-state index contributed by atoms with van der Waals surface area (Å²) in [5, 5.41) is 2.97. The first kappa shape index (κ1) is 17.1. The fourth-order valence-electron chi connectivity index (χ4n) is 1.55. The molecule has 0 aromatic heterocycles. The van der Waals surface area contributed by atoms with E-state index in [0.717, 1.165) is 5.56 Å². The van der Waals surface area contributed by atoms with Gasteiger partial charge in [-0.05, 0) is 24.7 Å². The van der Waals surface area contributed by atoms with Crippen LogP contribution in [0.25, 0.3) is 0 Å². The number of benzene rings is 1. The van der Waals surface area contributed by atoms with Crippen LogP contribution < -0.4 is 10.0 Å². The molecule has 0 aliphatic rings. The summed E-state index contributed by atoms with van der Waals surface area (Å²) in [6.45, 7) is 2.07. The average Bonchev–Trinajstić information content (AvgIpc) is 2.39. The SMILES string of the molecule is CCS(=O)(=O)CCNS(=O)(=O)c1ccc(CNC)cc1. The summed E-state index contributed by atoms with van der Waals surface area (Å²) in [4.78, 5) is 0.131. The van der Waals surface area contributed by atoms with Gasteiger partial charge in [-0.3, -0.25) is 0 Å². The number of sulfonamides is 1. The van der Waals surface area contributed by atoms with E-state index in [0.29, 0.717) is 6.54 Å². The Morgan fingerprint density at radius 3 is 2.15 bits per heavy atom. The number of hydrogen-bond donors (Lipinski definition) is 2. The van der Waals surface area contributed by atoms with E-state index in [1.165, 1.54) is 19.1 Å². The number of rotatable bonds is 8. The van der Waals surface area contributed by atoms with Crippen molar-refractivity contribution in [3.63, 3.8) is 0 Å². The van der Waals surface area contributed by atoms with Crippen molar-refractivity contribution in [2.24, 2.45) is 0 Å². The second-order valence-corrected chi connectivity index (χ2v) is 8.55. The van der Waals surface area contributed by atoms with Gasteiger partial charge in [0, 0.05) is 18.8 Å². The number of hydrogen-bond acceptors (Lipinski definition) is 5. The van der Waals surface area contributed by atoms with E-state index in [1.807, 2.05) is 0 Å². The van der Waals surface area contributed by atoms with Crippen LogP contribution in [0.4, 0.5) is 0 Å². The highest BCUT2D eigenvalue weighted by atomic mass is 32.2. The maximum Gasteiger partial charge on any atom is 0.240 e. The molecular weight excluding hydrogens is 300 g/mol. The Kier molecular flexibility index (Phi) is 6.12. The van der Waals surface area contributed by atoms with Gasteiger partial charge in [-0.1, -0.05) is 19.1 Å². The van der Waals surface area contributed by atoms with Gasteiger partial charge in [0.05, 0.1) is 10.6 Å². The maximum absolute atomic E-state index is 12.0. The Hall–Kier alpha value is -0.960. The highest BCUT2D eigenvalue weighted by Gasteiger charge is 2.15. The molecule has 1 aromatic carbocycles. The first-order valence-electron chi connectivity index (χ1n) is 6.24. The van der Waals surface area contributed by atoms with Gasteiger partial charge < -0.3 is 5.32 Å². The van der Waals surface area contributed by atoms with Crippen LogP contribution in [-0.4, -0.2) is 41.9 Å². The Bertz CT molecular complexity index is 622. The van der Waals surface area contributed by atoms with Crippen LogP contribution in [0.5, 0.6) is 0 Å². The van der Waals surface area contributed by atoms with Crippen LogP contribution in [0.1, 0.15) is 12.5 Å². The quantitative estimate of drug-likeness (QED) is 0.710. The van der Waals surface area contributed by atoms with Crippen LogP contribution in [0.2, 0.25) is 0 Å². The molecule has 0 radical (unpaired) electrons. The van der Waals surface area contributed by atoms with Crippen LogP contribution in [0.15, 0.2) is 29.2 Å². The van der Waals surface area contributed by atoms with Crippen LogP contribution in [0.3, 0.4) is 0 Å². The van der Waals surface area contributed by atoms with Crippen molar-refractivity contribution in [3.05, 3.63) is 29.8 Å². The summed E-state index contributed by atoms with van der Waals surface area (Å²) < 4.78 is 48.8. The third kappa shape index (κ3) is 5.20. The van der Waals surface area contributed by atoms with E-state index in [2.05, 4.69) is 10.0 Å². The summed E-state index contributed by atoms with van der Waals surface area (Å²) in [5.41, 5.74) is 0.972. The van der Waals surface area contributed by atoms with Gasteiger partial charge in [0.25, 0.3) is 0 Å². The molecular formula is C12H20N2O4S2. The fraction of sp³-hybridized carbons (Fsp3) is 0.500. The molecule has 0 aliphatic carbocycles. The van der Waals surface area contributed by atoms with Crippen LogP contribution in [-0.2, 0) is 26.4 Å². The third-order valence-corrected chi connectivity index (χ3v) is 5.94. The van der Waals surface area contributed by atoms with E-state index in [9.17, 15) is 16.8 Å². The topological polar surface area (TPSA) is 92.3 Å². The molecule has 0 bridgehead atoms. The molecule has 0 saturated carbocycles. The van der Waals surface area contributed by atoms with Crippen molar-refractivity contribution >= 4 is 19.9 Å². The summed E-state index contributed by atoms with van der Waals surface area (Å²) in [5.74, 6) is -0.186. The molecule has 1 aromatic rings. The highest BCUT2D eigenvalue weighted by Crippen LogP contribution is 2.10. The molecule has 0 heterocycles. The van der Waals surface area contributed by atoms with Crippen molar-refractivity contribution < 1.29 is 16.8 Å². The van der Waals surface area contributed by atoms with Crippen molar-refractivity contribution in [2.75, 3.05) is 25.1 Å². The zero-order valence-electron chi connectivity index (χ0n) is 11.6. The second-order valence-electron chi connectivity index (χ2n) is 4.31. The molecule has 6 nitrogen and oxygen atoms in total. The molecule has 8 heteroatoms. The molecule has 1 rings (SSSR count). The Labute approximate surface area is 120 Å². The lowest BCUT2D eigenvalue weighted by molar-refractivity contribution is 0.581. The number of nitrogens with one attached hydrogen (secondary N) is 2. The van der Waals surface area contributed by atoms with Gasteiger partial charge in [-0.2, -0.15) is 0 Å². The molecule has 2 N–H and O–H groups in total. The van der Waals surface area contributed by atoms with E-state index in [1.54, 1.807) is 19.2 Å². The Morgan fingerprint density at radius 1 is 1.05 bits per heavy atom. The molecule has 114 valence electrons. The average molecular weight is 320 g/mol. The maximum atomic E-state index is 12.0. The smallest absolute Gasteiger partial charge is 0.240 e. The first-order valence-corrected chi connectivity index (χ1v) is 9.55. The van der Waals surface area contributed by atoms with E-state index in [4.69, 9.17) is 0 Å². The van der Waals surface area contributed by atoms with Gasteiger partial charge in [0.15, 0.2) is 9.84 Å². The first-order chi connectivity index (χ1) is 9.30. The van der Waals surface area contributed by atoms with E-state index < -0.39 is 19.9 Å². The lowest BCUT2D eigenvalue weighted by Gasteiger charge is -2.07. The van der Waals surface area contributed by atoms with Gasteiger partial charge in [0.1, 0.15) is 0 Å². The fourth-order valence-corrected chi connectivity index (χ4v) is 3.41. The van der Waals surface area contributed by atoms with Gasteiger partial charge in [-0.25, -0.2) is 21.6 Å². The number of sulfone groups is 1. The predicted octanol–water partition coefficient (Wildman–Crippen LogP) is 0.119. The minimum absolute atomic E-state index is 0.00738. The predicted molar refractivity (Wildman–Crippen MR) is 78.7 cm³/mol. The summed E-state index contributed by atoms with van der Waals surface area (Å²) >= 11 is 0. The molecule has 0 spiro atoms. The zero-order valence-corrected chi connectivity index (χ0v) is 13.2. The molecule has 0 atom stereocenters. The molecule has 0 aliphatic heterocycles. The normalized spacial score (nSPS) is 12.5. The largest absolute Gasteiger partial charge is 0.316 e. The van der Waals surface area contributed by atoms with Crippen molar-refractivity contribution in [2.45, 2.75) is 18.4 Å². The standard InChI is InChI=1S/C12H20N2O4S2/c1-3-19(15,16)9-8-14-20(17,18)12-6-4-11(5-7-12)10-13-2/h4-7,13-14H,3,8-10H2,1-2H3. The van der Waals surface area contributed by atoms with Crippen LogP contribution >= 0.6 is 0 Å². The summed E-state index contributed by atoms with van der Waals surface area (Å²) in [7, 11) is -5.02. The molecule has 0 unspecified atom stereocenters.